The molecule has 0 amide bonds. The van der Waals surface area contributed by atoms with Crippen molar-refractivity contribution in [3.8, 4) is 11.3 Å². The molecule has 0 radical (unpaired) electrons. The molecule has 2 nitrogen and oxygen atoms in total. The van der Waals surface area contributed by atoms with Crippen LogP contribution in [0.3, 0.4) is 0 Å². The number of nitrogens with zero attached hydrogens (tertiary/aromatic N) is 1. The maximum atomic E-state index is 5.20. The normalized spacial score (nSPS) is 10.5. The molecule has 0 unspecified atom stereocenters. The summed E-state index contributed by atoms with van der Waals surface area (Å²) in [6.07, 6.45) is 0.862. The molecule has 1 aromatic heterocycles. The summed E-state index contributed by atoms with van der Waals surface area (Å²) in [7, 11) is 0. The van der Waals surface area contributed by atoms with Crippen LogP contribution in [0.4, 0.5) is 0 Å². The Hall–Kier alpha value is -0.610. The molecule has 78 valence electrons. The lowest BCUT2D eigenvalue weighted by Gasteiger charge is -1.94. The highest BCUT2D eigenvalue weighted by molar-refractivity contribution is 9.10. The quantitative estimate of drug-likeness (QED) is 0.794. The van der Waals surface area contributed by atoms with Gasteiger partial charge < -0.3 is 4.52 Å². The van der Waals surface area contributed by atoms with E-state index >= 15 is 0 Å². The standard InChI is InChI=1S/C11H9Br2NO/c12-5-4-10-7-11(14-15-10)8-2-1-3-9(13)6-8/h1-3,6-7H,4-5H2. The largest absolute Gasteiger partial charge is 0.361 e. The second-order valence-electron chi connectivity index (χ2n) is 3.13. The van der Waals surface area contributed by atoms with Gasteiger partial charge in [0.15, 0.2) is 0 Å². The maximum absolute atomic E-state index is 5.20. The molecule has 2 aromatic rings. The summed E-state index contributed by atoms with van der Waals surface area (Å²) in [6.45, 7) is 0. The number of halogens is 2. The van der Waals surface area contributed by atoms with Crippen molar-refractivity contribution in [1.82, 2.24) is 5.16 Å². The van der Waals surface area contributed by atoms with E-state index in [4.69, 9.17) is 4.52 Å². The zero-order chi connectivity index (χ0) is 10.7. The molecule has 0 aliphatic carbocycles. The van der Waals surface area contributed by atoms with Gasteiger partial charge in [0.2, 0.25) is 0 Å². The first-order chi connectivity index (χ1) is 7.29. The van der Waals surface area contributed by atoms with Crippen LogP contribution in [0.5, 0.6) is 0 Å². The van der Waals surface area contributed by atoms with Crippen LogP contribution in [0.2, 0.25) is 0 Å². The van der Waals surface area contributed by atoms with E-state index in [2.05, 4.69) is 37.0 Å². The third kappa shape index (κ3) is 2.69. The van der Waals surface area contributed by atoms with E-state index in [9.17, 15) is 0 Å². The van der Waals surface area contributed by atoms with Crippen LogP contribution in [0.1, 0.15) is 5.76 Å². The summed E-state index contributed by atoms with van der Waals surface area (Å²) in [5.74, 6) is 0.904. The van der Waals surface area contributed by atoms with Gasteiger partial charge in [0.1, 0.15) is 11.5 Å². The van der Waals surface area contributed by atoms with Gasteiger partial charge in [-0.05, 0) is 12.1 Å². The summed E-state index contributed by atoms with van der Waals surface area (Å²) in [6, 6.07) is 9.99. The molecule has 0 aliphatic heterocycles. The van der Waals surface area contributed by atoms with E-state index in [0.717, 1.165) is 33.2 Å². The smallest absolute Gasteiger partial charge is 0.138 e. The maximum Gasteiger partial charge on any atom is 0.138 e. The van der Waals surface area contributed by atoms with Crippen LogP contribution < -0.4 is 0 Å². The Kier molecular flexibility index (Phi) is 3.59. The molecule has 0 aliphatic rings. The zero-order valence-electron chi connectivity index (χ0n) is 7.91. The number of benzene rings is 1. The molecule has 0 atom stereocenters. The Morgan fingerprint density at radius 3 is 2.87 bits per heavy atom. The van der Waals surface area contributed by atoms with Crippen molar-refractivity contribution in [3.63, 3.8) is 0 Å². The second kappa shape index (κ2) is 4.94. The molecule has 4 heteroatoms. The third-order valence-electron chi connectivity index (χ3n) is 2.02. The van der Waals surface area contributed by atoms with Crippen molar-refractivity contribution in [3.05, 3.63) is 40.6 Å². The van der Waals surface area contributed by atoms with Gasteiger partial charge in [0, 0.05) is 27.9 Å². The lowest BCUT2D eigenvalue weighted by molar-refractivity contribution is 0.390. The third-order valence-corrected chi connectivity index (χ3v) is 2.91. The van der Waals surface area contributed by atoms with Crippen molar-refractivity contribution in [1.29, 1.82) is 0 Å². The number of aromatic nitrogens is 1. The molecule has 0 N–H and O–H groups in total. The van der Waals surface area contributed by atoms with Crippen LogP contribution in [0.15, 0.2) is 39.3 Å². The molecule has 15 heavy (non-hydrogen) atoms. The van der Waals surface area contributed by atoms with E-state index in [1.807, 2.05) is 30.3 Å². The molecule has 0 fully saturated rings. The molecule has 1 heterocycles. The molecule has 1 aromatic carbocycles. The van der Waals surface area contributed by atoms with Gasteiger partial charge in [0.05, 0.1) is 0 Å². The first kappa shape index (κ1) is 10.9. The topological polar surface area (TPSA) is 26.0 Å². The number of hydrogen-bond donors (Lipinski definition) is 0. The summed E-state index contributed by atoms with van der Waals surface area (Å²) in [4.78, 5) is 0. The fraction of sp³-hybridized carbons (Fsp3) is 0.182. The first-order valence-corrected chi connectivity index (χ1v) is 6.48. The van der Waals surface area contributed by atoms with E-state index in [0.29, 0.717) is 0 Å². The van der Waals surface area contributed by atoms with Crippen molar-refractivity contribution < 1.29 is 4.52 Å². The minimum atomic E-state index is 0.862. The minimum absolute atomic E-state index is 0.862. The predicted octanol–water partition coefficient (Wildman–Crippen LogP) is 4.04. The van der Waals surface area contributed by atoms with Crippen LogP contribution in [-0.2, 0) is 6.42 Å². The molecular formula is C11H9Br2NO. The average Bonchev–Trinajstić information content (AvgIpc) is 2.67. The van der Waals surface area contributed by atoms with Gasteiger partial charge in [-0.25, -0.2) is 0 Å². The van der Waals surface area contributed by atoms with Gasteiger partial charge in [0.25, 0.3) is 0 Å². The van der Waals surface area contributed by atoms with Crippen molar-refractivity contribution in [2.45, 2.75) is 6.42 Å². The SMILES string of the molecule is BrCCc1cc(-c2cccc(Br)c2)no1. The number of aryl methyl sites for hydroxylation is 1. The molecule has 0 spiro atoms. The van der Waals surface area contributed by atoms with Gasteiger partial charge >= 0.3 is 0 Å². The fourth-order valence-electron chi connectivity index (χ4n) is 1.31. The Bertz CT molecular complexity index is 453. The molecule has 0 bridgehead atoms. The predicted molar refractivity (Wildman–Crippen MR) is 67.1 cm³/mol. The van der Waals surface area contributed by atoms with Crippen molar-refractivity contribution >= 4 is 31.9 Å². The van der Waals surface area contributed by atoms with Gasteiger partial charge in [-0.3, -0.25) is 0 Å². The monoisotopic (exact) mass is 329 g/mol. The van der Waals surface area contributed by atoms with Gasteiger partial charge in [-0.2, -0.15) is 0 Å². The van der Waals surface area contributed by atoms with E-state index < -0.39 is 0 Å². The minimum Gasteiger partial charge on any atom is -0.361 e. The van der Waals surface area contributed by atoms with Crippen LogP contribution in [-0.4, -0.2) is 10.5 Å². The highest BCUT2D eigenvalue weighted by Crippen LogP contribution is 2.22. The Labute approximate surface area is 105 Å². The lowest BCUT2D eigenvalue weighted by atomic mass is 10.1. The second-order valence-corrected chi connectivity index (χ2v) is 4.84. The number of alkyl halides is 1. The Balaban J connectivity index is 2.29. The number of rotatable bonds is 3. The van der Waals surface area contributed by atoms with Crippen LogP contribution >= 0.6 is 31.9 Å². The number of hydrogen-bond acceptors (Lipinski definition) is 2. The zero-order valence-corrected chi connectivity index (χ0v) is 11.1. The van der Waals surface area contributed by atoms with E-state index in [1.165, 1.54) is 0 Å². The summed E-state index contributed by atoms with van der Waals surface area (Å²) in [5.41, 5.74) is 1.95. The Morgan fingerprint density at radius 1 is 1.27 bits per heavy atom. The molecule has 0 saturated heterocycles. The highest BCUT2D eigenvalue weighted by Gasteiger charge is 2.05. The van der Waals surface area contributed by atoms with Gasteiger partial charge in [-0.1, -0.05) is 49.1 Å². The first-order valence-electron chi connectivity index (χ1n) is 4.57. The molecular weight excluding hydrogens is 322 g/mol. The van der Waals surface area contributed by atoms with Crippen molar-refractivity contribution in [2.75, 3.05) is 5.33 Å². The van der Waals surface area contributed by atoms with Crippen LogP contribution in [0.25, 0.3) is 11.3 Å². The van der Waals surface area contributed by atoms with Crippen LogP contribution in [0, 0.1) is 0 Å². The highest BCUT2D eigenvalue weighted by atomic mass is 79.9. The Morgan fingerprint density at radius 2 is 2.13 bits per heavy atom. The summed E-state index contributed by atoms with van der Waals surface area (Å²) >= 11 is 6.80. The molecule has 2 rings (SSSR count). The fourth-order valence-corrected chi connectivity index (χ4v) is 2.10. The summed E-state index contributed by atoms with van der Waals surface area (Å²) < 4.78 is 6.25. The lowest BCUT2D eigenvalue weighted by Crippen LogP contribution is -1.79. The van der Waals surface area contributed by atoms with E-state index in [-0.39, 0.29) is 0 Å². The summed E-state index contributed by atoms with van der Waals surface area (Å²) in [5, 5.41) is 4.92. The molecule has 0 saturated carbocycles. The van der Waals surface area contributed by atoms with E-state index in [1.54, 1.807) is 0 Å². The van der Waals surface area contributed by atoms with Crippen molar-refractivity contribution in [2.24, 2.45) is 0 Å². The van der Waals surface area contributed by atoms with Gasteiger partial charge in [-0.15, -0.1) is 0 Å². The average molecular weight is 331 g/mol.